The van der Waals surface area contributed by atoms with Crippen molar-refractivity contribution in [1.82, 2.24) is 39.7 Å². The lowest BCUT2D eigenvalue weighted by molar-refractivity contribution is -0.136. The second-order valence-electron chi connectivity index (χ2n) is 16.2. The Morgan fingerprint density at radius 3 is 2.37 bits per heavy atom. The number of carbonyl (C=O) groups excluding carboxylic acids is 4. The highest BCUT2D eigenvalue weighted by atomic mass is 35.5. The maximum Gasteiger partial charge on any atom is 0.264 e. The molecule has 4 amide bonds. The summed E-state index contributed by atoms with van der Waals surface area (Å²) in [4.78, 5) is 62.2. The first-order valence-corrected chi connectivity index (χ1v) is 20.8. The number of anilines is 1. The number of amides is 4. The topological polar surface area (TPSA) is 151 Å². The van der Waals surface area contributed by atoms with Gasteiger partial charge in [0.05, 0.1) is 34.4 Å². The van der Waals surface area contributed by atoms with E-state index in [0.717, 1.165) is 127 Å². The monoisotopic (exact) mass is 810 g/mol. The molecule has 0 bridgehead atoms. The van der Waals surface area contributed by atoms with E-state index in [-0.39, 0.29) is 24.3 Å². The molecule has 15 heteroatoms. The molecule has 5 aromatic rings. The molecule has 2 saturated heterocycles. The zero-order valence-corrected chi connectivity index (χ0v) is 33.5. The zero-order valence-electron chi connectivity index (χ0n) is 32.7. The van der Waals surface area contributed by atoms with E-state index in [1.165, 1.54) is 0 Å². The van der Waals surface area contributed by atoms with Crippen molar-refractivity contribution >= 4 is 46.6 Å². The van der Waals surface area contributed by atoms with Crippen molar-refractivity contribution in [2.75, 3.05) is 37.6 Å². The van der Waals surface area contributed by atoms with Crippen molar-refractivity contribution < 1.29 is 19.2 Å². The first-order chi connectivity index (χ1) is 28.7. The van der Waals surface area contributed by atoms with Crippen molar-refractivity contribution in [3.63, 3.8) is 0 Å². The molecule has 2 aromatic heterocycles. The lowest BCUT2D eigenvalue weighted by Crippen LogP contribution is -2.54. The molecule has 6 heterocycles. The van der Waals surface area contributed by atoms with E-state index in [9.17, 15) is 19.2 Å². The number of hydrogen-bond acceptors (Lipinski definition) is 10. The van der Waals surface area contributed by atoms with Crippen LogP contribution in [0.1, 0.15) is 88.4 Å². The normalized spacial score (nSPS) is 19.7. The van der Waals surface area contributed by atoms with Crippen LogP contribution in [0, 0.1) is 6.92 Å². The van der Waals surface area contributed by atoms with E-state index in [1.807, 2.05) is 48.1 Å². The number of piperidine rings is 1. The third-order valence-corrected chi connectivity index (χ3v) is 12.6. The van der Waals surface area contributed by atoms with E-state index in [0.29, 0.717) is 16.1 Å². The molecule has 5 aliphatic rings. The van der Waals surface area contributed by atoms with Gasteiger partial charge in [-0.15, -0.1) is 10.2 Å². The SMILES string of the molecule is Cc1nnc2n1-c1ccc(-c3cnn(CCCCCN4CCN(c5cccc6c5C(=O)N(C5CCC(=O)NC5=O)C6=O)CC4)c3)cc1C(c1ccc(Cl)cc1)=NC21CC1. The molecule has 4 aliphatic heterocycles. The number of fused-ring (bicyclic) bond motifs is 5. The van der Waals surface area contributed by atoms with Crippen molar-refractivity contribution in [3.05, 3.63) is 112 Å². The van der Waals surface area contributed by atoms with Crippen molar-refractivity contribution in [2.24, 2.45) is 4.99 Å². The molecule has 1 spiro atoms. The number of nitrogens with zero attached hydrogens (tertiary/aromatic N) is 9. The van der Waals surface area contributed by atoms with Gasteiger partial charge in [0, 0.05) is 67.1 Å². The van der Waals surface area contributed by atoms with Gasteiger partial charge in [0.2, 0.25) is 11.8 Å². The van der Waals surface area contributed by atoms with E-state index >= 15 is 0 Å². The molecule has 0 radical (unpaired) electrons. The molecule has 14 nitrogen and oxygen atoms in total. The van der Waals surface area contributed by atoms with Crippen LogP contribution in [0.4, 0.5) is 5.69 Å². The molecule has 1 aliphatic carbocycles. The number of imide groups is 2. The summed E-state index contributed by atoms with van der Waals surface area (Å²) in [7, 11) is 0. The molecular weight excluding hydrogens is 768 g/mol. The summed E-state index contributed by atoms with van der Waals surface area (Å²) < 4.78 is 4.20. The van der Waals surface area contributed by atoms with Crippen LogP contribution in [0.15, 0.2) is 78.0 Å². The van der Waals surface area contributed by atoms with Crippen LogP contribution in [-0.4, -0.2) is 102 Å². The van der Waals surface area contributed by atoms with Gasteiger partial charge in [-0.2, -0.15) is 5.10 Å². The van der Waals surface area contributed by atoms with Gasteiger partial charge in [-0.25, -0.2) is 0 Å². The number of carbonyl (C=O) groups is 4. The summed E-state index contributed by atoms with van der Waals surface area (Å²) in [6, 6.07) is 18.8. The maximum atomic E-state index is 13.6. The van der Waals surface area contributed by atoms with Gasteiger partial charge >= 0.3 is 0 Å². The number of nitrogens with one attached hydrogen (secondary N) is 1. The lowest BCUT2D eigenvalue weighted by atomic mass is 9.96. The largest absolute Gasteiger partial charge is 0.368 e. The van der Waals surface area contributed by atoms with Gasteiger partial charge in [-0.05, 0) is 87.5 Å². The van der Waals surface area contributed by atoms with Crippen LogP contribution in [0.2, 0.25) is 5.02 Å². The lowest BCUT2D eigenvalue weighted by Gasteiger charge is -2.36. The third kappa shape index (κ3) is 6.64. The third-order valence-electron chi connectivity index (χ3n) is 12.4. The Morgan fingerprint density at radius 2 is 1.59 bits per heavy atom. The van der Waals surface area contributed by atoms with E-state index in [2.05, 4.69) is 54.3 Å². The van der Waals surface area contributed by atoms with Crippen LogP contribution in [-0.2, 0) is 21.7 Å². The standard InChI is InChI=1S/C44H43ClN10O4/c1-27-49-50-43-44(16-17-44)48-39(28-8-11-31(45)12-9-28)33-24-29(10-13-34(33)54(27)43)30-25-46-53(26-30)19-4-2-3-18-51-20-22-52(23-21-51)35-7-5-6-32-38(35)42(59)55(41(32)58)36-14-15-37(56)47-40(36)57/h5-13,24-26,36H,2-4,14-23H2,1H3,(H,47,56,57). The number of aryl methyl sites for hydroxylation is 2. The van der Waals surface area contributed by atoms with Crippen LogP contribution in [0.25, 0.3) is 16.8 Å². The van der Waals surface area contributed by atoms with Crippen LogP contribution in [0.5, 0.6) is 0 Å². The van der Waals surface area contributed by atoms with Gasteiger partial charge < -0.3 is 4.90 Å². The summed E-state index contributed by atoms with van der Waals surface area (Å²) in [5, 5.41) is 16.7. The Kier molecular flexibility index (Phi) is 9.28. The fourth-order valence-corrected chi connectivity index (χ4v) is 9.18. The van der Waals surface area contributed by atoms with Crippen LogP contribution < -0.4 is 10.2 Å². The molecule has 3 aromatic carbocycles. The number of aromatic nitrogens is 5. The second kappa shape index (κ2) is 14.7. The predicted octanol–water partition coefficient (Wildman–Crippen LogP) is 5.33. The predicted molar refractivity (Wildman–Crippen MR) is 221 cm³/mol. The van der Waals surface area contributed by atoms with Crippen molar-refractivity contribution in [3.8, 4) is 16.8 Å². The Labute approximate surface area is 345 Å². The quantitative estimate of drug-likeness (QED) is 0.146. The molecule has 300 valence electrons. The Morgan fingerprint density at radius 1 is 0.814 bits per heavy atom. The first-order valence-electron chi connectivity index (χ1n) is 20.5. The average Bonchev–Trinajstić information content (AvgIpc) is 3.59. The summed E-state index contributed by atoms with van der Waals surface area (Å²) in [6.07, 6.45) is 9.30. The van der Waals surface area contributed by atoms with Crippen molar-refractivity contribution in [2.45, 2.75) is 70.0 Å². The van der Waals surface area contributed by atoms with Gasteiger partial charge in [-0.1, -0.05) is 42.3 Å². The number of unbranched alkanes of at least 4 members (excludes halogenated alkanes) is 2. The highest BCUT2D eigenvalue weighted by molar-refractivity contribution is 6.30. The molecular formula is C44H43ClN10O4. The smallest absolute Gasteiger partial charge is 0.264 e. The second-order valence-corrected chi connectivity index (χ2v) is 16.6. The van der Waals surface area contributed by atoms with Gasteiger partial charge in [0.25, 0.3) is 11.8 Å². The molecule has 59 heavy (non-hydrogen) atoms. The molecule has 1 atom stereocenters. The minimum atomic E-state index is -0.977. The highest BCUT2D eigenvalue weighted by Crippen LogP contribution is 2.52. The minimum Gasteiger partial charge on any atom is -0.368 e. The first kappa shape index (κ1) is 37.3. The number of aliphatic imine (C=N–C) groups is 1. The highest BCUT2D eigenvalue weighted by Gasteiger charge is 2.51. The minimum absolute atomic E-state index is 0.0935. The molecule has 10 rings (SSSR count). The fraction of sp³-hybridized carbons (Fsp3) is 0.364. The van der Waals surface area contributed by atoms with Crippen molar-refractivity contribution in [1.29, 1.82) is 0 Å². The number of rotatable bonds is 10. The van der Waals surface area contributed by atoms with Gasteiger partial charge in [-0.3, -0.25) is 48.5 Å². The van der Waals surface area contributed by atoms with E-state index in [4.69, 9.17) is 21.7 Å². The summed E-state index contributed by atoms with van der Waals surface area (Å²) in [6.45, 7) is 6.93. The molecule has 1 unspecified atom stereocenters. The number of halogens is 1. The molecule has 1 N–H and O–H groups in total. The molecule has 1 saturated carbocycles. The van der Waals surface area contributed by atoms with Crippen LogP contribution >= 0.6 is 11.6 Å². The number of hydrogen-bond donors (Lipinski definition) is 1. The van der Waals surface area contributed by atoms with E-state index < -0.39 is 23.8 Å². The van der Waals surface area contributed by atoms with Crippen LogP contribution in [0.3, 0.4) is 0 Å². The maximum absolute atomic E-state index is 13.6. The summed E-state index contributed by atoms with van der Waals surface area (Å²) >= 11 is 6.29. The fourth-order valence-electron chi connectivity index (χ4n) is 9.05. The summed E-state index contributed by atoms with van der Waals surface area (Å²) in [5.41, 5.74) is 7.13. The number of piperazine rings is 1. The average molecular weight is 811 g/mol. The number of benzene rings is 3. The Hall–Kier alpha value is -5.99. The summed E-state index contributed by atoms with van der Waals surface area (Å²) in [5.74, 6) is -0.192. The molecule has 3 fully saturated rings. The van der Waals surface area contributed by atoms with Gasteiger partial charge in [0.15, 0.2) is 5.82 Å². The van der Waals surface area contributed by atoms with E-state index in [1.54, 1.807) is 12.1 Å². The Bertz CT molecular complexity index is 2570. The zero-order chi connectivity index (χ0) is 40.4. The Balaban J connectivity index is 0.750. The van der Waals surface area contributed by atoms with Gasteiger partial charge in [0.1, 0.15) is 17.4 Å².